The quantitative estimate of drug-likeness (QED) is 0.856. The fourth-order valence-electron chi connectivity index (χ4n) is 1.44. The summed E-state index contributed by atoms with van der Waals surface area (Å²) < 4.78 is 54.7. The highest BCUT2D eigenvalue weighted by Crippen LogP contribution is 2.28. The van der Waals surface area contributed by atoms with E-state index in [1.165, 1.54) is 5.38 Å². The molecule has 1 N–H and O–H groups in total. The van der Waals surface area contributed by atoms with Gasteiger partial charge >= 0.3 is 6.09 Å². The normalized spacial score (nSPS) is 11.4. The van der Waals surface area contributed by atoms with Crippen molar-refractivity contribution in [1.29, 1.82) is 0 Å². The Kier molecular flexibility index (Phi) is 4.12. The van der Waals surface area contributed by atoms with E-state index in [-0.39, 0.29) is 10.4 Å². The molecule has 0 aliphatic rings. The first-order chi connectivity index (χ1) is 9.75. The number of carbonyl (C=O) groups is 1. The number of rotatable bonds is 3. The summed E-state index contributed by atoms with van der Waals surface area (Å²) >= 11 is 6.22. The van der Waals surface area contributed by atoms with Gasteiger partial charge in [-0.1, -0.05) is 11.6 Å². The van der Waals surface area contributed by atoms with Gasteiger partial charge in [-0.05, 0) is 23.7 Å². The molecule has 0 spiro atoms. The minimum Gasteiger partial charge on any atom is -0.464 e. The van der Waals surface area contributed by atoms with E-state index in [4.69, 9.17) is 16.7 Å². The summed E-state index contributed by atoms with van der Waals surface area (Å²) in [5.41, 5.74) is 0. The maximum atomic E-state index is 13.7. The zero-order valence-corrected chi connectivity index (χ0v) is 12.2. The summed E-state index contributed by atoms with van der Waals surface area (Å²) in [6.45, 7) is 0. The second kappa shape index (κ2) is 5.54. The fraction of sp³-hybridized carbons (Fsp3) is 0. The summed E-state index contributed by atoms with van der Waals surface area (Å²) in [5, 5.41) is 9.73. The minimum absolute atomic E-state index is 0.115. The molecule has 1 heterocycles. The van der Waals surface area contributed by atoms with Gasteiger partial charge in [0.1, 0.15) is 16.5 Å². The molecule has 21 heavy (non-hydrogen) atoms. The molecule has 0 saturated heterocycles. The average molecular weight is 355 g/mol. The lowest BCUT2D eigenvalue weighted by molar-refractivity contribution is 0.206. The smallest absolute Gasteiger partial charge is 0.427 e. The highest BCUT2D eigenvalue weighted by molar-refractivity contribution is 7.93. The highest BCUT2D eigenvalue weighted by atomic mass is 35.5. The largest absolute Gasteiger partial charge is 0.464 e. The molecule has 2 aromatic rings. The van der Waals surface area contributed by atoms with Gasteiger partial charge in [-0.15, -0.1) is 4.31 Å². The van der Waals surface area contributed by atoms with Crippen LogP contribution in [-0.4, -0.2) is 24.0 Å². The number of amides is 1. The zero-order chi connectivity index (χ0) is 15.8. The third-order valence-corrected chi connectivity index (χ3v) is 4.83. The van der Waals surface area contributed by atoms with E-state index in [0.29, 0.717) is 6.07 Å². The number of anilines is 1. The van der Waals surface area contributed by atoms with Crippen LogP contribution in [0.5, 0.6) is 0 Å². The van der Waals surface area contributed by atoms with Gasteiger partial charge in [0.15, 0.2) is 5.82 Å². The maximum absolute atomic E-state index is 13.7. The first kappa shape index (κ1) is 15.6. The molecule has 1 amide bonds. The molecule has 1 aromatic carbocycles. The van der Waals surface area contributed by atoms with Crippen LogP contribution in [-0.2, 0) is 10.0 Å². The van der Waals surface area contributed by atoms with Crippen molar-refractivity contribution in [2.24, 2.45) is 0 Å². The van der Waals surface area contributed by atoms with E-state index in [1.54, 1.807) is 0 Å². The molecular formula is C10H5ClF2N2O4S2. The second-order valence-electron chi connectivity index (χ2n) is 3.61. The monoisotopic (exact) mass is 354 g/mol. The predicted molar refractivity (Wildman–Crippen MR) is 71.2 cm³/mol. The molecule has 0 aliphatic heterocycles. The first-order valence-corrected chi connectivity index (χ1v) is 7.74. The van der Waals surface area contributed by atoms with Crippen LogP contribution in [0.2, 0.25) is 5.02 Å². The lowest BCUT2D eigenvalue weighted by atomic mass is 10.3. The Bertz CT molecular complexity index is 796. The third kappa shape index (κ3) is 2.82. The summed E-state index contributed by atoms with van der Waals surface area (Å²) in [7, 11) is -4.84. The summed E-state index contributed by atoms with van der Waals surface area (Å²) in [6, 6.07) is 1.89. The van der Waals surface area contributed by atoms with E-state index >= 15 is 0 Å². The SMILES string of the molecule is O=C(O)N(c1ccsn1)S(=O)(=O)c1cc(Cl)c(F)cc1F. The number of benzene rings is 1. The number of carboxylic acid groups (broad SMARTS) is 1. The molecule has 2 rings (SSSR count). The number of aromatic nitrogens is 1. The van der Waals surface area contributed by atoms with Crippen LogP contribution in [0.3, 0.4) is 0 Å². The van der Waals surface area contributed by atoms with Crippen molar-refractivity contribution in [3.8, 4) is 0 Å². The second-order valence-corrected chi connectivity index (χ2v) is 6.43. The Morgan fingerprint density at radius 2 is 2.00 bits per heavy atom. The molecule has 0 bridgehead atoms. The molecule has 0 radical (unpaired) electrons. The van der Waals surface area contributed by atoms with Gasteiger partial charge in [-0.25, -0.2) is 22.0 Å². The topological polar surface area (TPSA) is 87.6 Å². The Hall–Kier alpha value is -1.78. The van der Waals surface area contributed by atoms with Gasteiger partial charge in [0.05, 0.1) is 5.02 Å². The molecule has 11 heteroatoms. The molecule has 0 atom stereocenters. The van der Waals surface area contributed by atoms with Crippen LogP contribution in [0.25, 0.3) is 0 Å². The van der Waals surface area contributed by atoms with Crippen molar-refractivity contribution in [3.63, 3.8) is 0 Å². The number of hydrogen-bond donors (Lipinski definition) is 1. The first-order valence-electron chi connectivity index (χ1n) is 5.08. The molecular weight excluding hydrogens is 350 g/mol. The number of sulfonamides is 1. The Labute approximate surface area is 126 Å². The van der Waals surface area contributed by atoms with E-state index in [1.807, 2.05) is 0 Å². The van der Waals surface area contributed by atoms with Crippen molar-refractivity contribution in [2.45, 2.75) is 4.90 Å². The summed E-state index contributed by atoms with van der Waals surface area (Å²) in [4.78, 5) is 10.1. The average Bonchev–Trinajstić information content (AvgIpc) is 2.86. The highest BCUT2D eigenvalue weighted by Gasteiger charge is 2.35. The van der Waals surface area contributed by atoms with E-state index in [0.717, 1.165) is 17.6 Å². The molecule has 0 saturated carbocycles. The van der Waals surface area contributed by atoms with Crippen molar-refractivity contribution in [1.82, 2.24) is 4.37 Å². The van der Waals surface area contributed by atoms with Gasteiger partial charge in [0.2, 0.25) is 0 Å². The van der Waals surface area contributed by atoms with E-state index in [2.05, 4.69) is 4.37 Å². The van der Waals surface area contributed by atoms with Crippen molar-refractivity contribution in [3.05, 3.63) is 40.2 Å². The predicted octanol–water partition coefficient (Wildman–Crippen LogP) is 2.95. The molecule has 6 nitrogen and oxygen atoms in total. The molecule has 112 valence electrons. The Morgan fingerprint density at radius 1 is 1.33 bits per heavy atom. The standard InChI is InChI=1S/C10H5ClF2N2O4S2/c11-5-3-8(7(13)4-6(5)12)21(18,19)15(10(16)17)9-1-2-20-14-9/h1-4H,(H,16,17). The van der Waals surface area contributed by atoms with Gasteiger partial charge in [-0.3, -0.25) is 0 Å². The van der Waals surface area contributed by atoms with E-state index in [9.17, 15) is 22.0 Å². The van der Waals surface area contributed by atoms with Crippen LogP contribution in [0.4, 0.5) is 19.4 Å². The molecule has 0 fully saturated rings. The Morgan fingerprint density at radius 3 is 2.52 bits per heavy atom. The van der Waals surface area contributed by atoms with Crippen LogP contribution in [0, 0.1) is 11.6 Å². The number of nitrogens with zero attached hydrogens (tertiary/aromatic N) is 2. The molecule has 1 aromatic heterocycles. The number of hydrogen-bond acceptors (Lipinski definition) is 5. The van der Waals surface area contributed by atoms with Gasteiger partial charge in [-0.2, -0.15) is 4.37 Å². The van der Waals surface area contributed by atoms with Crippen LogP contribution < -0.4 is 4.31 Å². The maximum Gasteiger partial charge on any atom is 0.427 e. The lowest BCUT2D eigenvalue weighted by Gasteiger charge is -2.17. The minimum atomic E-state index is -4.84. The third-order valence-electron chi connectivity index (χ3n) is 2.30. The van der Waals surface area contributed by atoms with Gasteiger partial charge in [0.25, 0.3) is 10.0 Å². The van der Waals surface area contributed by atoms with Crippen LogP contribution in [0.1, 0.15) is 0 Å². The zero-order valence-electron chi connectivity index (χ0n) is 9.83. The summed E-state index contributed by atoms with van der Waals surface area (Å²) in [6.07, 6.45) is -1.89. The Balaban J connectivity index is 2.65. The van der Waals surface area contributed by atoms with E-state index < -0.39 is 43.5 Å². The number of halogens is 3. The lowest BCUT2D eigenvalue weighted by Crippen LogP contribution is -2.36. The van der Waals surface area contributed by atoms with Gasteiger partial charge < -0.3 is 5.11 Å². The molecule has 0 aliphatic carbocycles. The summed E-state index contributed by atoms with van der Waals surface area (Å²) in [5.74, 6) is -3.05. The van der Waals surface area contributed by atoms with Crippen LogP contribution in [0.15, 0.2) is 28.5 Å². The van der Waals surface area contributed by atoms with Crippen molar-refractivity contribution in [2.75, 3.05) is 4.31 Å². The fourth-order valence-corrected chi connectivity index (χ4v) is 3.53. The van der Waals surface area contributed by atoms with Crippen molar-refractivity contribution < 1.29 is 27.1 Å². The van der Waals surface area contributed by atoms with Gasteiger partial charge in [0, 0.05) is 11.4 Å². The van der Waals surface area contributed by atoms with Crippen LogP contribution >= 0.6 is 23.1 Å². The van der Waals surface area contributed by atoms with Crippen molar-refractivity contribution >= 4 is 45.1 Å². The molecule has 0 unspecified atom stereocenters.